The molecule has 1 N–H and O–H groups in total. The van der Waals surface area contributed by atoms with Gasteiger partial charge in [-0.3, -0.25) is 9.69 Å². The molecule has 154 valence electrons. The van der Waals surface area contributed by atoms with Crippen molar-refractivity contribution in [3.8, 4) is 0 Å². The molecule has 0 aliphatic heterocycles. The molecule has 0 aliphatic carbocycles. The van der Waals surface area contributed by atoms with Crippen LogP contribution in [0.15, 0.2) is 48.5 Å². The summed E-state index contributed by atoms with van der Waals surface area (Å²) in [5.41, 5.74) is 2.88. The van der Waals surface area contributed by atoms with E-state index in [0.29, 0.717) is 25.5 Å². The van der Waals surface area contributed by atoms with Gasteiger partial charge in [-0.1, -0.05) is 43.3 Å². The smallest absolute Gasteiger partial charge is 0.307 e. The second-order valence-corrected chi connectivity index (χ2v) is 7.33. The van der Waals surface area contributed by atoms with Crippen LogP contribution in [0, 0.1) is 0 Å². The number of anilines is 1. The van der Waals surface area contributed by atoms with Crippen molar-refractivity contribution in [1.82, 2.24) is 9.88 Å². The fraction of sp³-hybridized carbons (Fsp3) is 0.391. The normalized spacial score (nSPS) is 11.3. The van der Waals surface area contributed by atoms with Gasteiger partial charge < -0.3 is 10.1 Å². The number of aromatic nitrogens is 1. The Morgan fingerprint density at radius 1 is 1.03 bits per heavy atom. The number of ether oxygens (including phenoxy) is 1. The van der Waals surface area contributed by atoms with Gasteiger partial charge in [0.15, 0.2) is 0 Å². The molecule has 0 atom stereocenters. The first-order valence-corrected chi connectivity index (χ1v) is 10.7. The number of nitrogens with zero attached hydrogens (tertiary/aromatic N) is 2. The Balaban J connectivity index is 1.57. The summed E-state index contributed by atoms with van der Waals surface area (Å²) in [6, 6.07) is 16.1. The number of halogens is 1. The minimum Gasteiger partial charge on any atom is -0.464 e. The number of alkyl halides is 1. The number of pyridine rings is 1. The third-order valence-electron chi connectivity index (χ3n) is 4.83. The van der Waals surface area contributed by atoms with Crippen molar-refractivity contribution in [1.29, 1.82) is 0 Å². The summed E-state index contributed by atoms with van der Waals surface area (Å²) in [7, 11) is 0. The molecule has 0 unspecified atom stereocenters. The fourth-order valence-electron chi connectivity index (χ4n) is 3.45. The molecule has 0 amide bonds. The number of carbonyl (C=O) groups excluding carboxylic acids is 1. The predicted molar refractivity (Wildman–Crippen MR) is 121 cm³/mol. The highest BCUT2D eigenvalue weighted by atomic mass is 35.5. The topological polar surface area (TPSA) is 54.5 Å². The Bertz CT molecular complexity index is 888. The van der Waals surface area contributed by atoms with Gasteiger partial charge in [0, 0.05) is 36.3 Å². The molecular weight excluding hydrogens is 386 g/mol. The Hall–Kier alpha value is -2.37. The third kappa shape index (κ3) is 5.81. The van der Waals surface area contributed by atoms with Crippen molar-refractivity contribution in [3.63, 3.8) is 0 Å². The molecule has 1 heterocycles. The lowest BCUT2D eigenvalue weighted by Gasteiger charge is -2.20. The van der Waals surface area contributed by atoms with Crippen LogP contribution >= 0.6 is 11.6 Å². The van der Waals surface area contributed by atoms with Crippen LogP contribution in [0.3, 0.4) is 0 Å². The Morgan fingerprint density at radius 3 is 2.31 bits per heavy atom. The van der Waals surface area contributed by atoms with Gasteiger partial charge in [0.25, 0.3) is 0 Å². The van der Waals surface area contributed by atoms with Gasteiger partial charge in [-0.05, 0) is 25.1 Å². The van der Waals surface area contributed by atoms with E-state index < -0.39 is 0 Å². The average Bonchev–Trinajstić information content (AvgIpc) is 2.73. The second kappa shape index (κ2) is 11.0. The average molecular weight is 414 g/mol. The maximum Gasteiger partial charge on any atom is 0.307 e. The first-order valence-electron chi connectivity index (χ1n) is 10.2. The molecule has 3 aromatic rings. The molecule has 1 aromatic heterocycles. The maximum absolute atomic E-state index is 12.1. The van der Waals surface area contributed by atoms with E-state index in [1.807, 2.05) is 36.4 Å². The van der Waals surface area contributed by atoms with Crippen molar-refractivity contribution in [2.24, 2.45) is 0 Å². The van der Waals surface area contributed by atoms with Crippen LogP contribution in [0.1, 0.15) is 19.8 Å². The predicted octanol–water partition coefficient (Wildman–Crippen LogP) is 4.68. The van der Waals surface area contributed by atoms with Crippen LogP contribution < -0.4 is 5.32 Å². The molecule has 0 fully saturated rings. The first kappa shape index (κ1) is 21.3. The summed E-state index contributed by atoms with van der Waals surface area (Å²) in [6.45, 7) is 5.55. The van der Waals surface area contributed by atoms with Gasteiger partial charge in [-0.2, -0.15) is 0 Å². The van der Waals surface area contributed by atoms with E-state index in [0.717, 1.165) is 53.5 Å². The minimum absolute atomic E-state index is 0.192. The van der Waals surface area contributed by atoms with E-state index in [1.165, 1.54) is 0 Å². The standard InChI is InChI=1S/C23H28ClN3O2/c1-2-14-27(15-12-24)16-17-29-22(28)11-13-25-23-18-7-3-5-9-20(18)26-21-10-6-4-8-19(21)23/h3-10H,2,11-17H2,1H3,(H,25,26). The van der Waals surface area contributed by atoms with Crippen molar-refractivity contribution in [2.45, 2.75) is 19.8 Å². The zero-order chi connectivity index (χ0) is 20.5. The molecule has 0 saturated heterocycles. The minimum atomic E-state index is -0.192. The van der Waals surface area contributed by atoms with Gasteiger partial charge in [0.1, 0.15) is 6.61 Å². The van der Waals surface area contributed by atoms with E-state index in [2.05, 4.69) is 29.3 Å². The van der Waals surface area contributed by atoms with Crippen LogP contribution in [0.5, 0.6) is 0 Å². The van der Waals surface area contributed by atoms with E-state index >= 15 is 0 Å². The summed E-state index contributed by atoms with van der Waals surface area (Å²) >= 11 is 5.82. The van der Waals surface area contributed by atoms with Crippen LogP contribution in [0.25, 0.3) is 21.8 Å². The summed E-state index contributed by atoms with van der Waals surface area (Å²) in [5.74, 6) is 0.397. The van der Waals surface area contributed by atoms with Gasteiger partial charge in [-0.15, -0.1) is 11.6 Å². The Kier molecular flexibility index (Phi) is 8.08. The highest BCUT2D eigenvalue weighted by Gasteiger charge is 2.10. The number of benzene rings is 2. The Labute approximate surface area is 177 Å². The lowest BCUT2D eigenvalue weighted by molar-refractivity contribution is -0.143. The summed E-state index contributed by atoms with van der Waals surface area (Å²) < 4.78 is 5.40. The molecule has 0 bridgehead atoms. The SMILES string of the molecule is CCCN(CCCl)CCOC(=O)CCNc1c2ccccc2nc2ccccc12. The van der Waals surface area contributed by atoms with E-state index in [1.54, 1.807) is 0 Å². The number of hydrogen-bond acceptors (Lipinski definition) is 5. The van der Waals surface area contributed by atoms with Crippen LogP contribution in [0.2, 0.25) is 0 Å². The molecule has 29 heavy (non-hydrogen) atoms. The lowest BCUT2D eigenvalue weighted by Crippen LogP contribution is -2.31. The van der Waals surface area contributed by atoms with Crippen LogP contribution in [0.4, 0.5) is 5.69 Å². The van der Waals surface area contributed by atoms with Crippen molar-refractivity contribution < 1.29 is 9.53 Å². The zero-order valence-electron chi connectivity index (χ0n) is 16.9. The molecule has 3 rings (SSSR count). The van der Waals surface area contributed by atoms with Gasteiger partial charge >= 0.3 is 5.97 Å². The number of rotatable bonds is 11. The summed E-state index contributed by atoms with van der Waals surface area (Å²) in [5, 5.41) is 5.54. The quantitative estimate of drug-likeness (QED) is 0.281. The number of para-hydroxylation sites is 2. The second-order valence-electron chi connectivity index (χ2n) is 6.95. The molecular formula is C23H28ClN3O2. The highest BCUT2D eigenvalue weighted by Crippen LogP contribution is 2.30. The number of hydrogen-bond donors (Lipinski definition) is 1. The largest absolute Gasteiger partial charge is 0.464 e. The summed E-state index contributed by atoms with van der Waals surface area (Å²) in [6.07, 6.45) is 1.37. The van der Waals surface area contributed by atoms with E-state index in [9.17, 15) is 4.79 Å². The van der Waals surface area contributed by atoms with Gasteiger partial charge in [0.05, 0.1) is 23.1 Å². The lowest BCUT2D eigenvalue weighted by atomic mass is 10.1. The third-order valence-corrected chi connectivity index (χ3v) is 5.00. The molecule has 6 heteroatoms. The van der Waals surface area contributed by atoms with Crippen molar-refractivity contribution >= 4 is 45.1 Å². The fourth-order valence-corrected chi connectivity index (χ4v) is 3.69. The maximum atomic E-state index is 12.1. The molecule has 2 aromatic carbocycles. The van der Waals surface area contributed by atoms with Crippen LogP contribution in [-0.4, -0.2) is 54.5 Å². The number of nitrogens with one attached hydrogen (secondary N) is 1. The monoisotopic (exact) mass is 413 g/mol. The molecule has 0 saturated carbocycles. The summed E-state index contributed by atoms with van der Waals surface area (Å²) in [4.78, 5) is 19.1. The number of esters is 1. The molecule has 0 aliphatic rings. The highest BCUT2D eigenvalue weighted by molar-refractivity contribution is 6.18. The van der Waals surface area contributed by atoms with Gasteiger partial charge in [-0.25, -0.2) is 4.98 Å². The van der Waals surface area contributed by atoms with Crippen molar-refractivity contribution in [2.75, 3.05) is 44.0 Å². The van der Waals surface area contributed by atoms with E-state index in [4.69, 9.17) is 21.3 Å². The van der Waals surface area contributed by atoms with Crippen LogP contribution in [-0.2, 0) is 9.53 Å². The number of fused-ring (bicyclic) bond motifs is 2. The molecule has 0 radical (unpaired) electrons. The van der Waals surface area contributed by atoms with E-state index in [-0.39, 0.29) is 5.97 Å². The van der Waals surface area contributed by atoms with Gasteiger partial charge in [0.2, 0.25) is 0 Å². The van der Waals surface area contributed by atoms with Crippen molar-refractivity contribution in [3.05, 3.63) is 48.5 Å². The number of carbonyl (C=O) groups is 1. The molecule has 5 nitrogen and oxygen atoms in total. The molecule has 0 spiro atoms. The zero-order valence-corrected chi connectivity index (χ0v) is 17.6. The first-order chi connectivity index (χ1) is 14.2. The Morgan fingerprint density at radius 2 is 1.69 bits per heavy atom.